The van der Waals surface area contributed by atoms with Crippen LogP contribution in [0.3, 0.4) is 0 Å². The van der Waals surface area contributed by atoms with E-state index in [2.05, 4.69) is 0 Å². The molecule has 0 aliphatic heterocycles. The molecule has 0 spiro atoms. The summed E-state index contributed by atoms with van der Waals surface area (Å²) in [5.74, 6) is -1.39. The van der Waals surface area contributed by atoms with Crippen LogP contribution in [0.1, 0.15) is 6.42 Å². The summed E-state index contributed by atoms with van der Waals surface area (Å²) < 4.78 is 64.7. The van der Waals surface area contributed by atoms with Crippen molar-refractivity contribution in [3.8, 4) is 0 Å². The van der Waals surface area contributed by atoms with Crippen LogP contribution in [0.2, 0.25) is 0 Å². The van der Waals surface area contributed by atoms with Gasteiger partial charge < -0.3 is 13.3 Å². The average molecular weight is 192 g/mol. The van der Waals surface area contributed by atoms with Crippen molar-refractivity contribution >= 4 is 9.63 Å². The Hall–Kier alpha value is -0.140. The maximum Gasteiger partial charge on any atom is 0.389 e. The van der Waals surface area contributed by atoms with Gasteiger partial charge in [-0.05, 0) is 12.0 Å². The molecule has 0 aliphatic carbocycles. The first-order valence-electron chi connectivity index (χ1n) is 2.62. The lowest BCUT2D eigenvalue weighted by Crippen LogP contribution is -2.36. The summed E-state index contributed by atoms with van der Waals surface area (Å²) in [5.41, 5.74) is 0. The zero-order valence-electron chi connectivity index (χ0n) is 5.68. The van der Waals surface area contributed by atoms with Crippen molar-refractivity contribution in [2.45, 2.75) is 12.6 Å². The summed E-state index contributed by atoms with van der Waals surface area (Å²) in [6.07, 6.45) is -5.91. The summed E-state index contributed by atoms with van der Waals surface area (Å²) >= 11 is 0. The monoisotopic (exact) mass is 192 g/mol. The largest absolute Gasteiger partial charge is 0.798 e. The van der Waals surface area contributed by atoms with Crippen LogP contribution in [0.5, 0.6) is 0 Å². The van der Waals surface area contributed by atoms with E-state index in [1.54, 1.807) is 0 Å². The highest BCUT2D eigenvalue weighted by atomic mass is 32.3. The summed E-state index contributed by atoms with van der Waals surface area (Å²) in [7, 11) is -5.46. The van der Waals surface area contributed by atoms with E-state index in [9.17, 15) is 26.5 Å². The lowest BCUT2D eigenvalue weighted by Gasteiger charge is -2.52. The van der Waals surface area contributed by atoms with Crippen LogP contribution in [-0.4, -0.2) is 31.5 Å². The van der Waals surface area contributed by atoms with Crippen molar-refractivity contribution in [3.63, 3.8) is 0 Å². The molecule has 3 nitrogen and oxygen atoms in total. The van der Waals surface area contributed by atoms with Gasteiger partial charge in [0.1, 0.15) is 0 Å². The molecule has 0 unspecified atom stereocenters. The molecule has 70 valence electrons. The maximum absolute atomic E-state index is 11.4. The van der Waals surface area contributed by atoms with Crippen molar-refractivity contribution in [2.24, 2.45) is 0 Å². The van der Waals surface area contributed by atoms with Crippen molar-refractivity contribution in [2.75, 3.05) is 12.0 Å². The van der Waals surface area contributed by atoms with Crippen molar-refractivity contribution in [1.82, 2.24) is 0 Å². The molecule has 0 N–H and O–H groups in total. The molecule has 0 bridgehead atoms. The Kier molecular flexibility index (Phi) is 2.40. The Morgan fingerprint density at radius 2 is 1.73 bits per heavy atom. The molecule has 0 saturated carbocycles. The highest BCUT2D eigenvalue weighted by Gasteiger charge is 2.27. The number of halogens is 3. The van der Waals surface area contributed by atoms with Crippen LogP contribution in [0.4, 0.5) is 13.2 Å². The topological polar surface area (TPSA) is 63.2 Å². The van der Waals surface area contributed by atoms with Gasteiger partial charge >= 0.3 is 6.18 Å². The van der Waals surface area contributed by atoms with Gasteiger partial charge in [-0.3, -0.25) is 0 Å². The highest BCUT2D eigenvalue weighted by Crippen LogP contribution is 2.24. The van der Waals surface area contributed by atoms with Crippen LogP contribution < -0.4 is 0 Å². The molecule has 0 radical (unpaired) electrons. The van der Waals surface area contributed by atoms with Crippen molar-refractivity contribution in [3.05, 3.63) is 0 Å². The molecule has 0 aromatic rings. The van der Waals surface area contributed by atoms with E-state index in [0.29, 0.717) is 0 Å². The van der Waals surface area contributed by atoms with Gasteiger partial charge in [0.15, 0.2) is 0 Å². The summed E-state index contributed by atoms with van der Waals surface area (Å²) in [5, 5.41) is 0. The van der Waals surface area contributed by atoms with E-state index in [0.717, 1.165) is 0 Å². The number of hydrogen-bond acceptors (Lipinski definition) is 3. The zero-order valence-corrected chi connectivity index (χ0v) is 6.50. The fourth-order valence-electron chi connectivity index (χ4n) is 0.343. The Labute approximate surface area is 61.6 Å². The van der Waals surface area contributed by atoms with Gasteiger partial charge in [-0.25, -0.2) is 9.63 Å². The van der Waals surface area contributed by atoms with Gasteiger partial charge in [-0.2, -0.15) is 13.2 Å². The Balaban J connectivity index is 4.03. The molecule has 0 amide bonds. The molecule has 7 heteroatoms. The summed E-state index contributed by atoms with van der Waals surface area (Å²) in [6.45, 7) is 0. The molecule has 0 saturated heterocycles. The molecule has 11 heavy (non-hydrogen) atoms. The summed E-state index contributed by atoms with van der Waals surface area (Å²) in [4.78, 5) is 0. The minimum absolute atomic E-state index is 0.267. The van der Waals surface area contributed by atoms with E-state index in [1.807, 2.05) is 0 Å². The fourth-order valence-corrected chi connectivity index (χ4v) is 1.03. The van der Waals surface area contributed by atoms with Crippen molar-refractivity contribution in [1.29, 1.82) is 0 Å². The van der Waals surface area contributed by atoms with Crippen LogP contribution in [0.25, 0.3) is 0 Å². The Bertz CT molecular complexity index is 192. The smallest absolute Gasteiger partial charge is 0.389 e. The number of rotatable bonds is 2. The normalized spacial score (nSPS) is 17.5. The number of alkyl halides is 3. The number of hydrogen-bond donors (Lipinski definition) is 0. The summed E-state index contributed by atoms with van der Waals surface area (Å²) in [6, 6.07) is 0. The molecule has 0 fully saturated rings. The van der Waals surface area contributed by atoms with Crippen LogP contribution in [-0.2, 0) is 9.63 Å². The lowest BCUT2D eigenvalue weighted by molar-refractivity contribution is -0.130. The van der Waals surface area contributed by atoms with Crippen LogP contribution in [0, 0.1) is 0 Å². The van der Waals surface area contributed by atoms with Gasteiger partial charge in [0.05, 0.1) is 6.42 Å². The third-order valence-corrected chi connectivity index (χ3v) is 1.95. The van der Waals surface area contributed by atoms with Gasteiger partial charge in [-0.15, -0.1) is 0 Å². The first kappa shape index (κ1) is 10.9. The third kappa shape index (κ3) is 9.86. The van der Waals surface area contributed by atoms with E-state index in [4.69, 9.17) is 0 Å². The van der Waals surface area contributed by atoms with E-state index < -0.39 is 28.0 Å². The van der Waals surface area contributed by atoms with Gasteiger partial charge in [-0.1, -0.05) is 0 Å². The van der Waals surface area contributed by atoms with Gasteiger partial charge in [0.25, 0.3) is 0 Å². The van der Waals surface area contributed by atoms with Gasteiger partial charge in [0, 0.05) is 0 Å². The van der Waals surface area contributed by atoms with Crippen molar-refractivity contribution < 1.29 is 26.5 Å². The quantitative estimate of drug-likeness (QED) is 0.645. The molecule has 0 heterocycles. The lowest BCUT2D eigenvalue weighted by atomic mass is 10.5. The molecule has 0 rings (SSSR count). The molecular weight excluding hydrogens is 185 g/mol. The Morgan fingerprint density at radius 3 is 1.82 bits per heavy atom. The predicted octanol–water partition coefficient (Wildman–Crippen LogP) is 0.650. The van der Waals surface area contributed by atoms with Crippen LogP contribution in [0.15, 0.2) is 0 Å². The van der Waals surface area contributed by atoms with E-state index in [1.165, 1.54) is 0 Å². The average Bonchev–Trinajstić information content (AvgIpc) is 1.55. The molecule has 0 aromatic heterocycles. The predicted molar refractivity (Wildman–Crippen MR) is 31.2 cm³/mol. The van der Waals surface area contributed by atoms with Gasteiger partial charge in [0.2, 0.25) is 0 Å². The first-order valence-corrected chi connectivity index (χ1v) is 5.01. The second-order valence-electron chi connectivity index (χ2n) is 2.42. The minimum atomic E-state index is -5.46. The SMILES string of the molecule is CS(=O)([O-])([O-])CCC(F)(F)F. The van der Waals surface area contributed by atoms with Crippen LogP contribution >= 0.6 is 0 Å². The Morgan fingerprint density at radius 1 is 1.36 bits per heavy atom. The molecular formula is C4H7F3O3S-2. The number of sulfone groups is 3. The third-order valence-electron chi connectivity index (χ3n) is 0.840. The minimum Gasteiger partial charge on any atom is -0.798 e. The fraction of sp³-hybridized carbons (Fsp3) is 1.00. The molecule has 0 atom stereocenters. The maximum atomic E-state index is 11.4. The molecule has 0 aliphatic rings. The molecule has 0 aromatic carbocycles. The second kappa shape index (κ2) is 2.43. The van der Waals surface area contributed by atoms with E-state index >= 15 is 0 Å². The van der Waals surface area contributed by atoms with E-state index in [-0.39, 0.29) is 6.26 Å². The zero-order chi connectivity index (χ0) is 9.36. The second-order valence-corrected chi connectivity index (χ2v) is 5.52. The standard InChI is InChI=1S/C4H9F3O3S/c1-11(8,9,10)3-2-4(5,6)7/h2-3H2,1H3,(H2,8,9,10)/p-2. The first-order chi connectivity index (χ1) is 4.46. The highest BCUT2D eigenvalue weighted by molar-refractivity contribution is 8.09.